The molecule has 22 heavy (non-hydrogen) atoms. The van der Waals surface area contributed by atoms with Crippen molar-refractivity contribution in [3.63, 3.8) is 0 Å². The van der Waals surface area contributed by atoms with Crippen LogP contribution in [0.2, 0.25) is 0 Å². The number of pyridine rings is 1. The van der Waals surface area contributed by atoms with Crippen molar-refractivity contribution in [3.8, 4) is 5.75 Å². The van der Waals surface area contributed by atoms with Gasteiger partial charge in [0.1, 0.15) is 11.3 Å². The van der Waals surface area contributed by atoms with Crippen LogP contribution in [0.25, 0.3) is 10.9 Å². The maximum absolute atomic E-state index is 5.47. The van der Waals surface area contributed by atoms with Crippen molar-refractivity contribution < 1.29 is 9.47 Å². The Balaban J connectivity index is 2.04. The standard InChI is InChI=1S/C18H24N2O2/c1-13-10-19-17-15(7-4-8-16(17)22-3)18(13)20-9-5-6-14(11-20)12-21-2/h4,7-8,10,14H,5-6,9,11-12H2,1-3H3. The van der Waals surface area contributed by atoms with Crippen molar-refractivity contribution in [1.29, 1.82) is 0 Å². The van der Waals surface area contributed by atoms with Gasteiger partial charge >= 0.3 is 0 Å². The zero-order valence-electron chi connectivity index (χ0n) is 13.6. The van der Waals surface area contributed by atoms with Crippen molar-refractivity contribution >= 4 is 16.6 Å². The number of methoxy groups -OCH3 is 2. The Bertz CT molecular complexity index is 655. The van der Waals surface area contributed by atoms with Gasteiger partial charge in [-0.2, -0.15) is 0 Å². The summed E-state index contributed by atoms with van der Waals surface area (Å²) in [5.41, 5.74) is 3.46. The first-order valence-electron chi connectivity index (χ1n) is 7.90. The van der Waals surface area contributed by atoms with Crippen LogP contribution in [0.15, 0.2) is 24.4 Å². The molecule has 1 aromatic heterocycles. The van der Waals surface area contributed by atoms with E-state index in [1.54, 1.807) is 14.2 Å². The largest absolute Gasteiger partial charge is 0.494 e. The van der Waals surface area contributed by atoms with Crippen molar-refractivity contribution in [3.05, 3.63) is 30.0 Å². The molecular formula is C18H24N2O2. The van der Waals surface area contributed by atoms with E-state index in [2.05, 4.69) is 22.9 Å². The summed E-state index contributed by atoms with van der Waals surface area (Å²) in [6.07, 6.45) is 4.41. The van der Waals surface area contributed by atoms with Crippen molar-refractivity contribution in [2.45, 2.75) is 19.8 Å². The highest BCUT2D eigenvalue weighted by atomic mass is 16.5. The summed E-state index contributed by atoms with van der Waals surface area (Å²) >= 11 is 0. The summed E-state index contributed by atoms with van der Waals surface area (Å²) < 4.78 is 10.8. The summed E-state index contributed by atoms with van der Waals surface area (Å²) in [6, 6.07) is 6.16. The summed E-state index contributed by atoms with van der Waals surface area (Å²) in [4.78, 5) is 7.08. The van der Waals surface area contributed by atoms with Crippen LogP contribution in [0.1, 0.15) is 18.4 Å². The number of hydrogen-bond donors (Lipinski definition) is 0. The van der Waals surface area contributed by atoms with Gasteiger partial charge in [0.05, 0.1) is 19.4 Å². The van der Waals surface area contributed by atoms with Crippen molar-refractivity contribution in [2.24, 2.45) is 5.92 Å². The Labute approximate surface area is 132 Å². The molecule has 0 spiro atoms. The number of fused-ring (bicyclic) bond motifs is 1. The number of nitrogens with zero attached hydrogens (tertiary/aromatic N) is 2. The lowest BCUT2D eigenvalue weighted by molar-refractivity contribution is 0.143. The number of ether oxygens (including phenoxy) is 2. The lowest BCUT2D eigenvalue weighted by Crippen LogP contribution is -2.37. The maximum atomic E-state index is 5.47. The van der Waals surface area contributed by atoms with Gasteiger partial charge in [-0.15, -0.1) is 0 Å². The van der Waals surface area contributed by atoms with Crippen LogP contribution in [0.3, 0.4) is 0 Å². The van der Waals surface area contributed by atoms with Crippen LogP contribution < -0.4 is 9.64 Å². The third-order valence-corrected chi connectivity index (χ3v) is 4.47. The number of piperidine rings is 1. The van der Waals surface area contributed by atoms with Gasteiger partial charge in [-0.3, -0.25) is 4.98 Å². The third kappa shape index (κ3) is 2.75. The van der Waals surface area contributed by atoms with Crippen LogP contribution in [-0.4, -0.2) is 38.9 Å². The Hall–Kier alpha value is -1.81. The number of hydrogen-bond acceptors (Lipinski definition) is 4. The van der Waals surface area contributed by atoms with Crippen molar-refractivity contribution in [2.75, 3.05) is 38.8 Å². The fourth-order valence-electron chi connectivity index (χ4n) is 3.51. The quantitative estimate of drug-likeness (QED) is 0.866. The molecule has 4 heteroatoms. The average Bonchev–Trinajstić information content (AvgIpc) is 2.54. The second-order valence-corrected chi connectivity index (χ2v) is 6.06. The van der Waals surface area contributed by atoms with Crippen LogP contribution in [0.4, 0.5) is 5.69 Å². The van der Waals surface area contributed by atoms with Crippen LogP contribution in [0, 0.1) is 12.8 Å². The van der Waals surface area contributed by atoms with Crippen LogP contribution >= 0.6 is 0 Å². The predicted molar refractivity (Wildman–Crippen MR) is 89.8 cm³/mol. The van der Waals surface area contributed by atoms with Crippen LogP contribution in [-0.2, 0) is 4.74 Å². The number of aromatic nitrogens is 1. The van der Waals surface area contributed by atoms with Gasteiger partial charge in [-0.25, -0.2) is 0 Å². The molecule has 0 aliphatic carbocycles. The molecule has 1 saturated heterocycles. The van der Waals surface area contributed by atoms with E-state index < -0.39 is 0 Å². The van der Waals surface area contributed by atoms with E-state index in [0.717, 1.165) is 31.0 Å². The first-order valence-corrected chi connectivity index (χ1v) is 7.90. The second kappa shape index (κ2) is 6.53. The second-order valence-electron chi connectivity index (χ2n) is 6.06. The van der Waals surface area contributed by atoms with E-state index in [0.29, 0.717) is 5.92 Å². The Morgan fingerprint density at radius 1 is 1.32 bits per heavy atom. The van der Waals surface area contributed by atoms with Gasteiger partial charge in [-0.05, 0) is 37.3 Å². The molecule has 0 amide bonds. The van der Waals surface area contributed by atoms with E-state index >= 15 is 0 Å². The zero-order valence-corrected chi connectivity index (χ0v) is 13.6. The van der Waals surface area contributed by atoms with E-state index in [4.69, 9.17) is 9.47 Å². The smallest absolute Gasteiger partial charge is 0.145 e. The zero-order chi connectivity index (χ0) is 15.5. The van der Waals surface area contributed by atoms with E-state index in [-0.39, 0.29) is 0 Å². The van der Waals surface area contributed by atoms with E-state index in [1.807, 2.05) is 18.3 Å². The molecule has 0 radical (unpaired) electrons. The molecule has 1 aromatic carbocycles. The van der Waals surface area contributed by atoms with Gasteiger partial charge in [0, 0.05) is 31.8 Å². The Kier molecular flexibility index (Phi) is 4.48. The molecule has 2 aromatic rings. The first-order chi connectivity index (χ1) is 10.7. The number of benzene rings is 1. The Morgan fingerprint density at radius 3 is 2.95 bits per heavy atom. The number of para-hydroxylation sites is 1. The number of aryl methyl sites for hydroxylation is 1. The molecule has 0 N–H and O–H groups in total. The highest BCUT2D eigenvalue weighted by molar-refractivity contribution is 5.96. The average molecular weight is 300 g/mol. The normalized spacial score (nSPS) is 18.7. The minimum absolute atomic E-state index is 0.604. The summed E-state index contributed by atoms with van der Waals surface area (Å²) in [7, 11) is 3.49. The molecule has 3 rings (SSSR count). The molecule has 2 heterocycles. The summed E-state index contributed by atoms with van der Waals surface area (Å²) in [6.45, 7) is 5.12. The molecule has 1 aliphatic rings. The summed E-state index contributed by atoms with van der Waals surface area (Å²) in [5, 5.41) is 1.18. The van der Waals surface area contributed by atoms with Gasteiger partial charge < -0.3 is 14.4 Å². The highest BCUT2D eigenvalue weighted by Crippen LogP contribution is 2.35. The molecule has 1 unspecified atom stereocenters. The number of anilines is 1. The number of rotatable bonds is 4. The predicted octanol–water partition coefficient (Wildman–Crippen LogP) is 3.41. The third-order valence-electron chi connectivity index (χ3n) is 4.47. The molecule has 1 atom stereocenters. The molecule has 0 bridgehead atoms. The SMILES string of the molecule is COCC1CCCN(c2c(C)cnc3c(OC)cccc23)C1. The minimum atomic E-state index is 0.604. The van der Waals surface area contributed by atoms with Gasteiger partial charge in [0.2, 0.25) is 0 Å². The lowest BCUT2D eigenvalue weighted by Gasteiger charge is -2.35. The van der Waals surface area contributed by atoms with Gasteiger partial charge in [0.15, 0.2) is 0 Å². The van der Waals surface area contributed by atoms with Gasteiger partial charge in [-0.1, -0.05) is 12.1 Å². The summed E-state index contributed by atoms with van der Waals surface area (Å²) in [5.74, 6) is 1.44. The topological polar surface area (TPSA) is 34.6 Å². The molecule has 1 aliphatic heterocycles. The molecule has 4 nitrogen and oxygen atoms in total. The molecule has 0 saturated carbocycles. The van der Waals surface area contributed by atoms with E-state index in [9.17, 15) is 0 Å². The fraction of sp³-hybridized carbons (Fsp3) is 0.500. The monoisotopic (exact) mass is 300 g/mol. The van der Waals surface area contributed by atoms with Crippen LogP contribution in [0.5, 0.6) is 5.75 Å². The fourth-order valence-corrected chi connectivity index (χ4v) is 3.51. The van der Waals surface area contributed by atoms with Crippen molar-refractivity contribution in [1.82, 2.24) is 4.98 Å². The minimum Gasteiger partial charge on any atom is -0.494 e. The van der Waals surface area contributed by atoms with Gasteiger partial charge in [0.25, 0.3) is 0 Å². The highest BCUT2D eigenvalue weighted by Gasteiger charge is 2.23. The van der Waals surface area contributed by atoms with E-state index in [1.165, 1.54) is 29.5 Å². The lowest BCUT2D eigenvalue weighted by atomic mass is 9.97. The molecule has 118 valence electrons. The Morgan fingerprint density at radius 2 is 2.18 bits per heavy atom. The maximum Gasteiger partial charge on any atom is 0.145 e. The molecule has 1 fully saturated rings. The first kappa shape index (κ1) is 15.1. The molecular weight excluding hydrogens is 276 g/mol.